The maximum Gasteiger partial charge on any atom is 0.247 e. The molecule has 2 bridgehead atoms. The van der Waals surface area contributed by atoms with Gasteiger partial charge in [-0.25, -0.2) is 0 Å². The van der Waals surface area contributed by atoms with Crippen molar-refractivity contribution < 1.29 is 14.4 Å². The number of halogens is 1. The van der Waals surface area contributed by atoms with Crippen molar-refractivity contribution in [2.24, 2.45) is 23.7 Å². The molecule has 1 aromatic rings. The summed E-state index contributed by atoms with van der Waals surface area (Å²) in [7, 11) is 0. The third-order valence-electron chi connectivity index (χ3n) is 5.84. The van der Waals surface area contributed by atoms with E-state index in [4.69, 9.17) is 0 Å². The highest BCUT2D eigenvalue weighted by Crippen LogP contribution is 2.56. The maximum atomic E-state index is 12.7. The Labute approximate surface area is 148 Å². The highest BCUT2D eigenvalue weighted by atomic mass is 79.9. The smallest absolute Gasteiger partial charge is 0.247 e. The first-order valence-corrected chi connectivity index (χ1v) is 9.20. The minimum atomic E-state index is -0.779. The average molecular weight is 391 g/mol. The van der Waals surface area contributed by atoms with Gasteiger partial charge in [-0.2, -0.15) is 0 Å². The fourth-order valence-corrected chi connectivity index (χ4v) is 4.98. The number of benzene rings is 1. The summed E-state index contributed by atoms with van der Waals surface area (Å²) in [5.74, 6) is -0.303. The Morgan fingerprint density at radius 1 is 1.12 bits per heavy atom. The van der Waals surface area contributed by atoms with Crippen LogP contribution in [0.4, 0.5) is 5.69 Å². The molecular weight excluding hydrogens is 372 g/mol. The van der Waals surface area contributed by atoms with Gasteiger partial charge >= 0.3 is 0 Å². The monoisotopic (exact) mass is 390 g/mol. The summed E-state index contributed by atoms with van der Waals surface area (Å²) in [6.45, 7) is 1.63. The lowest BCUT2D eigenvalue weighted by molar-refractivity contribution is -0.146. The molecular formula is C18H19BrN2O3. The van der Waals surface area contributed by atoms with Crippen LogP contribution < -0.4 is 5.32 Å². The fourth-order valence-electron chi connectivity index (χ4n) is 4.71. The third kappa shape index (κ3) is 2.31. The van der Waals surface area contributed by atoms with Crippen molar-refractivity contribution in [1.82, 2.24) is 4.90 Å². The predicted octanol–water partition coefficient (Wildman–Crippen LogP) is 2.81. The van der Waals surface area contributed by atoms with Crippen LogP contribution in [0.5, 0.6) is 0 Å². The van der Waals surface area contributed by atoms with Crippen molar-refractivity contribution in [2.75, 3.05) is 5.32 Å². The van der Waals surface area contributed by atoms with Crippen LogP contribution in [0.15, 0.2) is 28.7 Å². The van der Waals surface area contributed by atoms with Gasteiger partial charge in [0.2, 0.25) is 17.7 Å². The van der Waals surface area contributed by atoms with Gasteiger partial charge in [-0.05, 0) is 62.3 Å². The lowest BCUT2D eigenvalue weighted by Gasteiger charge is -2.23. The molecule has 126 valence electrons. The number of nitrogens with one attached hydrogen (secondary N) is 1. The SMILES string of the molecule is C[C@@H](C(=O)Nc1ccc(Br)cc1)N1C(=O)[C@H]2[C@@H]3CC[C@@H](C3)[C@@H]2C1=O. The van der Waals surface area contributed by atoms with Gasteiger partial charge in [-0.3, -0.25) is 19.3 Å². The van der Waals surface area contributed by atoms with Crippen LogP contribution in [-0.4, -0.2) is 28.7 Å². The molecule has 3 fully saturated rings. The molecule has 2 aliphatic carbocycles. The van der Waals surface area contributed by atoms with E-state index in [0.717, 1.165) is 23.7 Å². The summed E-state index contributed by atoms with van der Waals surface area (Å²) in [5.41, 5.74) is 0.648. The van der Waals surface area contributed by atoms with E-state index in [9.17, 15) is 14.4 Å². The minimum absolute atomic E-state index is 0.143. The Morgan fingerprint density at radius 3 is 2.21 bits per heavy atom. The standard InChI is InChI=1S/C18H19BrN2O3/c1-9(16(22)20-13-6-4-12(19)5-7-13)21-17(23)14-10-2-3-11(8-10)15(14)18(21)24/h4-7,9-11,14-15H,2-3,8H2,1H3,(H,20,22)/t9-,10-,11+,14-,15-/m0/s1. The molecule has 5 atom stereocenters. The topological polar surface area (TPSA) is 66.5 Å². The predicted molar refractivity (Wildman–Crippen MR) is 91.9 cm³/mol. The van der Waals surface area contributed by atoms with Gasteiger partial charge in [-0.15, -0.1) is 0 Å². The molecule has 0 spiro atoms. The van der Waals surface area contributed by atoms with Crippen LogP contribution in [0.1, 0.15) is 26.2 Å². The second kappa shape index (κ2) is 5.69. The number of likely N-dealkylation sites (tertiary alicyclic amines) is 1. The fraction of sp³-hybridized carbons (Fsp3) is 0.500. The van der Waals surface area contributed by atoms with Gasteiger partial charge < -0.3 is 5.32 Å². The van der Waals surface area contributed by atoms with E-state index in [1.807, 2.05) is 12.1 Å². The molecule has 4 rings (SSSR count). The van der Waals surface area contributed by atoms with Gasteiger partial charge in [0.25, 0.3) is 0 Å². The molecule has 6 heteroatoms. The number of hydrogen-bond acceptors (Lipinski definition) is 3. The molecule has 3 amide bonds. The molecule has 2 saturated carbocycles. The average Bonchev–Trinajstić information content (AvgIpc) is 3.23. The number of rotatable bonds is 3. The normalized spacial score (nSPS) is 32.2. The van der Waals surface area contributed by atoms with Crippen molar-refractivity contribution in [3.63, 3.8) is 0 Å². The summed E-state index contributed by atoms with van der Waals surface area (Å²) >= 11 is 3.34. The molecule has 0 aromatic heterocycles. The van der Waals surface area contributed by atoms with Crippen LogP contribution in [0.3, 0.4) is 0 Å². The molecule has 24 heavy (non-hydrogen) atoms. The van der Waals surface area contributed by atoms with E-state index >= 15 is 0 Å². The summed E-state index contributed by atoms with van der Waals surface area (Å²) in [4.78, 5) is 39.2. The van der Waals surface area contributed by atoms with E-state index in [1.54, 1.807) is 19.1 Å². The second-order valence-electron chi connectivity index (χ2n) is 7.10. The van der Waals surface area contributed by atoms with E-state index < -0.39 is 6.04 Å². The number of anilines is 1. The number of hydrogen-bond donors (Lipinski definition) is 1. The van der Waals surface area contributed by atoms with Crippen molar-refractivity contribution >= 4 is 39.3 Å². The number of fused-ring (bicyclic) bond motifs is 5. The molecule has 3 aliphatic rings. The third-order valence-corrected chi connectivity index (χ3v) is 6.37. The van der Waals surface area contributed by atoms with Gasteiger partial charge in [-0.1, -0.05) is 15.9 Å². The highest BCUT2D eigenvalue weighted by molar-refractivity contribution is 9.10. The van der Waals surface area contributed by atoms with Crippen molar-refractivity contribution in [1.29, 1.82) is 0 Å². The molecule has 1 N–H and O–H groups in total. The van der Waals surface area contributed by atoms with E-state index in [0.29, 0.717) is 17.5 Å². The minimum Gasteiger partial charge on any atom is -0.324 e. The molecule has 1 aliphatic heterocycles. The first-order chi connectivity index (χ1) is 11.5. The molecule has 0 radical (unpaired) electrons. The van der Waals surface area contributed by atoms with E-state index in [2.05, 4.69) is 21.2 Å². The van der Waals surface area contributed by atoms with E-state index in [1.165, 1.54) is 4.90 Å². The van der Waals surface area contributed by atoms with Crippen molar-refractivity contribution in [3.05, 3.63) is 28.7 Å². The van der Waals surface area contributed by atoms with Gasteiger partial charge in [0.05, 0.1) is 11.8 Å². The summed E-state index contributed by atoms with van der Waals surface area (Å²) in [6, 6.07) is 6.43. The zero-order valence-corrected chi connectivity index (χ0v) is 15.0. The van der Waals surface area contributed by atoms with Gasteiger partial charge in [0.1, 0.15) is 6.04 Å². The van der Waals surface area contributed by atoms with Crippen LogP contribution >= 0.6 is 15.9 Å². The quantitative estimate of drug-likeness (QED) is 0.806. The summed E-state index contributed by atoms with van der Waals surface area (Å²) in [5, 5.41) is 2.78. The van der Waals surface area contributed by atoms with Crippen molar-refractivity contribution in [3.8, 4) is 0 Å². The van der Waals surface area contributed by atoms with Crippen LogP contribution in [-0.2, 0) is 14.4 Å². The number of carbonyl (C=O) groups excluding carboxylic acids is 3. The lowest BCUT2D eigenvalue weighted by Crippen LogP contribution is -2.46. The Balaban J connectivity index is 1.51. The van der Waals surface area contributed by atoms with Crippen molar-refractivity contribution in [2.45, 2.75) is 32.2 Å². The van der Waals surface area contributed by atoms with Gasteiger partial charge in [0, 0.05) is 10.2 Å². The first-order valence-electron chi connectivity index (χ1n) is 8.40. The summed E-state index contributed by atoms with van der Waals surface area (Å²) in [6.07, 6.45) is 3.08. The number of imide groups is 1. The molecule has 1 saturated heterocycles. The molecule has 1 heterocycles. The van der Waals surface area contributed by atoms with Crippen LogP contribution in [0.25, 0.3) is 0 Å². The summed E-state index contributed by atoms with van der Waals surface area (Å²) < 4.78 is 0.918. The lowest BCUT2D eigenvalue weighted by atomic mass is 9.81. The molecule has 5 nitrogen and oxygen atoms in total. The second-order valence-corrected chi connectivity index (χ2v) is 8.02. The maximum absolute atomic E-state index is 12.7. The Bertz CT molecular complexity index is 689. The zero-order valence-electron chi connectivity index (χ0n) is 13.4. The zero-order chi connectivity index (χ0) is 17.0. The van der Waals surface area contributed by atoms with Crippen LogP contribution in [0, 0.1) is 23.7 Å². The number of carbonyl (C=O) groups is 3. The Morgan fingerprint density at radius 2 is 1.67 bits per heavy atom. The Hall–Kier alpha value is -1.69. The largest absolute Gasteiger partial charge is 0.324 e. The molecule has 1 aromatic carbocycles. The van der Waals surface area contributed by atoms with E-state index in [-0.39, 0.29) is 29.6 Å². The Kier molecular flexibility index (Phi) is 3.75. The first kappa shape index (κ1) is 15.8. The number of nitrogens with zero attached hydrogens (tertiary/aromatic N) is 1. The molecule has 0 unspecified atom stereocenters. The van der Waals surface area contributed by atoms with Gasteiger partial charge in [0.15, 0.2) is 0 Å². The van der Waals surface area contributed by atoms with Crippen LogP contribution in [0.2, 0.25) is 0 Å². The highest BCUT2D eigenvalue weighted by Gasteiger charge is 2.62. The number of amides is 3.